The van der Waals surface area contributed by atoms with Gasteiger partial charge < -0.3 is 15.7 Å². The van der Waals surface area contributed by atoms with Crippen LogP contribution in [-0.4, -0.2) is 17.1 Å². The van der Waals surface area contributed by atoms with E-state index in [1.807, 2.05) is 73.7 Å². The number of nitrogens with one attached hydrogen (secondary N) is 2. The zero-order chi connectivity index (χ0) is 16.9. The molecular weight excluding hydrogens is 300 g/mol. The Balaban J connectivity index is 1.68. The maximum Gasteiger partial charge on any atom is 0.246 e. The van der Waals surface area contributed by atoms with Crippen molar-refractivity contribution in [2.45, 2.75) is 19.6 Å². The van der Waals surface area contributed by atoms with Crippen LogP contribution in [0.4, 0.5) is 11.4 Å². The largest absolute Gasteiger partial charge is 0.392 e. The molecule has 0 aliphatic carbocycles. The number of aliphatic hydroxyl groups is 1. The van der Waals surface area contributed by atoms with E-state index in [9.17, 15) is 9.90 Å². The number of fused-ring (bicyclic) bond motifs is 1. The minimum atomic E-state index is -0.398. The highest BCUT2D eigenvalue weighted by Gasteiger charge is 2.13. The Morgan fingerprint density at radius 3 is 2.54 bits per heavy atom. The zero-order valence-corrected chi connectivity index (χ0v) is 13.5. The smallest absolute Gasteiger partial charge is 0.246 e. The van der Waals surface area contributed by atoms with Gasteiger partial charge in [-0.25, -0.2) is 0 Å². The molecule has 1 atom stereocenters. The van der Waals surface area contributed by atoms with Crippen molar-refractivity contribution in [3.63, 3.8) is 0 Å². The topological polar surface area (TPSA) is 61.4 Å². The Hall–Kier alpha value is -2.85. The van der Waals surface area contributed by atoms with Crippen molar-refractivity contribution in [1.82, 2.24) is 0 Å². The Bertz CT molecular complexity index is 861. The molecular formula is C20H20N2O2. The van der Waals surface area contributed by atoms with Crippen LogP contribution >= 0.6 is 0 Å². The Morgan fingerprint density at radius 2 is 1.75 bits per heavy atom. The van der Waals surface area contributed by atoms with Gasteiger partial charge in [-0.05, 0) is 47.5 Å². The lowest BCUT2D eigenvalue weighted by molar-refractivity contribution is -0.116. The molecule has 0 heterocycles. The van der Waals surface area contributed by atoms with Crippen LogP contribution in [0.15, 0.2) is 66.7 Å². The molecule has 0 spiro atoms. The van der Waals surface area contributed by atoms with E-state index in [0.717, 1.165) is 27.7 Å². The van der Waals surface area contributed by atoms with Gasteiger partial charge in [-0.3, -0.25) is 4.79 Å². The van der Waals surface area contributed by atoms with Crippen LogP contribution in [0.1, 0.15) is 12.5 Å². The summed E-state index contributed by atoms with van der Waals surface area (Å²) in [5.74, 6) is -0.111. The van der Waals surface area contributed by atoms with Crippen LogP contribution in [-0.2, 0) is 11.4 Å². The van der Waals surface area contributed by atoms with Crippen molar-refractivity contribution < 1.29 is 9.90 Å². The van der Waals surface area contributed by atoms with E-state index in [2.05, 4.69) is 10.6 Å². The van der Waals surface area contributed by atoms with Crippen molar-refractivity contribution >= 4 is 28.1 Å². The third kappa shape index (κ3) is 3.73. The summed E-state index contributed by atoms with van der Waals surface area (Å²) < 4.78 is 0. The van der Waals surface area contributed by atoms with Crippen molar-refractivity contribution in [3.8, 4) is 0 Å². The summed E-state index contributed by atoms with van der Waals surface area (Å²) in [6.45, 7) is 1.79. The van der Waals surface area contributed by atoms with Gasteiger partial charge in [0, 0.05) is 11.4 Å². The minimum absolute atomic E-state index is 0.0206. The number of hydrogen-bond donors (Lipinski definition) is 3. The van der Waals surface area contributed by atoms with Crippen molar-refractivity contribution in [1.29, 1.82) is 0 Å². The van der Waals surface area contributed by atoms with Crippen LogP contribution in [0.25, 0.3) is 10.8 Å². The number of carbonyl (C=O) groups is 1. The van der Waals surface area contributed by atoms with E-state index in [4.69, 9.17) is 0 Å². The van der Waals surface area contributed by atoms with Gasteiger partial charge in [-0.2, -0.15) is 0 Å². The summed E-state index contributed by atoms with van der Waals surface area (Å²) in [7, 11) is 0. The van der Waals surface area contributed by atoms with E-state index < -0.39 is 6.04 Å². The van der Waals surface area contributed by atoms with Crippen LogP contribution in [0, 0.1) is 0 Å². The molecule has 3 aromatic carbocycles. The van der Waals surface area contributed by atoms with Crippen LogP contribution in [0.5, 0.6) is 0 Å². The fraction of sp³-hybridized carbons (Fsp3) is 0.150. The number of hydrogen-bond acceptors (Lipinski definition) is 3. The molecule has 0 radical (unpaired) electrons. The summed E-state index contributed by atoms with van der Waals surface area (Å²) in [6, 6.07) is 20.9. The third-order valence-corrected chi connectivity index (χ3v) is 3.90. The van der Waals surface area contributed by atoms with Crippen LogP contribution < -0.4 is 10.6 Å². The van der Waals surface area contributed by atoms with Crippen molar-refractivity contribution in [2.75, 3.05) is 10.6 Å². The van der Waals surface area contributed by atoms with Gasteiger partial charge >= 0.3 is 0 Å². The Kier molecular flexibility index (Phi) is 4.77. The lowest BCUT2D eigenvalue weighted by Gasteiger charge is -2.16. The SMILES string of the molecule is C[C@H](Nc1cccc(CO)c1)C(=O)Nc1ccc2ccccc2c1. The highest BCUT2D eigenvalue weighted by molar-refractivity contribution is 5.98. The molecule has 0 aliphatic rings. The molecule has 4 nitrogen and oxygen atoms in total. The average molecular weight is 320 g/mol. The first-order chi connectivity index (χ1) is 11.7. The predicted octanol–water partition coefficient (Wildman–Crippen LogP) is 3.77. The quantitative estimate of drug-likeness (QED) is 0.670. The molecule has 3 N–H and O–H groups in total. The maximum absolute atomic E-state index is 12.4. The predicted molar refractivity (Wildman–Crippen MR) is 98.0 cm³/mol. The van der Waals surface area contributed by atoms with Crippen LogP contribution in [0.2, 0.25) is 0 Å². The fourth-order valence-electron chi connectivity index (χ4n) is 2.59. The van der Waals surface area contributed by atoms with Gasteiger partial charge in [0.1, 0.15) is 6.04 Å². The zero-order valence-electron chi connectivity index (χ0n) is 13.5. The number of amides is 1. The van der Waals surface area contributed by atoms with Crippen molar-refractivity contribution in [3.05, 3.63) is 72.3 Å². The molecule has 0 unspecified atom stereocenters. The van der Waals surface area contributed by atoms with Gasteiger partial charge in [-0.1, -0.05) is 42.5 Å². The Labute approximate surface area is 141 Å². The second-order valence-electron chi connectivity index (χ2n) is 5.78. The molecule has 0 aliphatic heterocycles. The third-order valence-electron chi connectivity index (χ3n) is 3.90. The van der Waals surface area contributed by atoms with E-state index in [1.165, 1.54) is 0 Å². The maximum atomic E-state index is 12.4. The highest BCUT2D eigenvalue weighted by Crippen LogP contribution is 2.19. The molecule has 1 amide bonds. The van der Waals surface area contributed by atoms with Crippen LogP contribution in [0.3, 0.4) is 0 Å². The second-order valence-corrected chi connectivity index (χ2v) is 5.78. The summed E-state index contributed by atoms with van der Waals surface area (Å²) in [6.07, 6.45) is 0. The first kappa shape index (κ1) is 16.0. The first-order valence-electron chi connectivity index (χ1n) is 7.92. The molecule has 0 aromatic heterocycles. The molecule has 0 saturated carbocycles. The summed E-state index contributed by atoms with van der Waals surface area (Å²) >= 11 is 0. The van der Waals surface area contributed by atoms with E-state index in [0.29, 0.717) is 0 Å². The molecule has 3 rings (SSSR count). The second kappa shape index (κ2) is 7.15. The van der Waals surface area contributed by atoms with Gasteiger partial charge in [0.2, 0.25) is 5.91 Å². The van der Waals surface area contributed by atoms with E-state index >= 15 is 0 Å². The molecule has 0 saturated heterocycles. The lowest BCUT2D eigenvalue weighted by Crippen LogP contribution is -2.31. The monoisotopic (exact) mass is 320 g/mol. The van der Waals surface area contributed by atoms with Gasteiger partial charge in [-0.15, -0.1) is 0 Å². The lowest BCUT2D eigenvalue weighted by atomic mass is 10.1. The normalized spacial score (nSPS) is 11.9. The first-order valence-corrected chi connectivity index (χ1v) is 7.92. The molecule has 0 fully saturated rings. The molecule has 122 valence electrons. The van der Waals surface area contributed by atoms with Gasteiger partial charge in [0.15, 0.2) is 0 Å². The van der Waals surface area contributed by atoms with Gasteiger partial charge in [0.05, 0.1) is 6.61 Å². The minimum Gasteiger partial charge on any atom is -0.392 e. The number of rotatable bonds is 5. The van der Waals surface area contributed by atoms with E-state index in [-0.39, 0.29) is 12.5 Å². The van der Waals surface area contributed by atoms with Gasteiger partial charge in [0.25, 0.3) is 0 Å². The summed E-state index contributed by atoms with van der Waals surface area (Å²) in [4.78, 5) is 12.4. The fourth-order valence-corrected chi connectivity index (χ4v) is 2.59. The molecule has 24 heavy (non-hydrogen) atoms. The van der Waals surface area contributed by atoms with E-state index in [1.54, 1.807) is 0 Å². The summed E-state index contributed by atoms with van der Waals surface area (Å²) in [5.41, 5.74) is 2.39. The molecule has 4 heteroatoms. The summed E-state index contributed by atoms with van der Waals surface area (Å²) in [5, 5.41) is 17.5. The number of carbonyl (C=O) groups excluding carboxylic acids is 1. The number of aliphatic hydroxyl groups excluding tert-OH is 1. The number of benzene rings is 3. The average Bonchev–Trinajstić information content (AvgIpc) is 2.61. The Morgan fingerprint density at radius 1 is 0.958 bits per heavy atom. The standard InChI is InChI=1S/C20H20N2O2/c1-14(21-18-8-4-5-15(11-18)13-23)20(24)22-19-10-9-16-6-2-3-7-17(16)12-19/h2-12,14,21,23H,13H2,1H3,(H,22,24)/t14-/m0/s1. The van der Waals surface area contributed by atoms with Crippen molar-refractivity contribution in [2.24, 2.45) is 0 Å². The molecule has 0 bridgehead atoms. The molecule has 3 aromatic rings. The highest BCUT2D eigenvalue weighted by atomic mass is 16.3. The number of anilines is 2.